The van der Waals surface area contributed by atoms with Gasteiger partial charge < -0.3 is 0 Å². The maximum absolute atomic E-state index is 11.6. The van der Waals surface area contributed by atoms with Crippen LogP contribution in [0, 0.1) is 0 Å². The van der Waals surface area contributed by atoms with Gasteiger partial charge in [0.1, 0.15) is 5.15 Å². The van der Waals surface area contributed by atoms with Crippen LogP contribution in [0.1, 0.15) is 18.9 Å². The molecule has 2 rings (SSSR count). The van der Waals surface area contributed by atoms with Crippen LogP contribution in [0.4, 0.5) is 0 Å². The number of nitrogens with zero attached hydrogens (tertiary/aromatic N) is 1. The molecule has 6 heteroatoms. The molecule has 0 aromatic carbocycles. The Hall–Kier alpha value is -0.680. The number of aromatic nitrogens is 2. The molecule has 1 aliphatic heterocycles. The molecule has 0 amide bonds. The predicted octanol–water partition coefficient (Wildman–Crippen LogP) is 1.26. The lowest BCUT2D eigenvalue weighted by molar-refractivity contribution is 0.448. The Morgan fingerprint density at radius 3 is 2.67 bits per heavy atom. The molecule has 1 aromatic rings. The third-order valence-corrected chi connectivity index (χ3v) is 3.83. The van der Waals surface area contributed by atoms with Crippen molar-refractivity contribution in [3.05, 3.63) is 32.1 Å². The molecule has 0 aliphatic carbocycles. The topological polar surface area (TPSA) is 54.9 Å². The summed E-state index contributed by atoms with van der Waals surface area (Å²) in [5.41, 5.74) is -0.837. The fourth-order valence-corrected chi connectivity index (χ4v) is 3.16. The van der Waals surface area contributed by atoms with E-state index in [1.807, 2.05) is 11.8 Å². The second-order valence-electron chi connectivity index (χ2n) is 3.48. The summed E-state index contributed by atoms with van der Waals surface area (Å²) in [5, 5.41) is 0.237. The number of rotatable bonds is 1. The van der Waals surface area contributed by atoms with E-state index in [0.29, 0.717) is 0 Å². The highest BCUT2D eigenvalue weighted by atomic mass is 35.5. The third-order valence-electron chi connectivity index (χ3n) is 2.49. The highest BCUT2D eigenvalue weighted by molar-refractivity contribution is 7.99. The summed E-state index contributed by atoms with van der Waals surface area (Å²) in [6.45, 7) is 0. The SMILES string of the molecule is O=c1cc(Cl)n(C2CCSCC2)c(=O)[nH]1. The van der Waals surface area contributed by atoms with Crippen molar-refractivity contribution in [1.29, 1.82) is 0 Å². The van der Waals surface area contributed by atoms with Gasteiger partial charge in [-0.2, -0.15) is 11.8 Å². The molecule has 0 atom stereocenters. The highest BCUT2D eigenvalue weighted by Gasteiger charge is 2.19. The summed E-state index contributed by atoms with van der Waals surface area (Å²) in [4.78, 5) is 24.8. The largest absolute Gasteiger partial charge is 0.329 e. The third kappa shape index (κ3) is 2.29. The molecular formula is C9H11ClN2O2S. The molecule has 0 unspecified atom stereocenters. The van der Waals surface area contributed by atoms with Gasteiger partial charge in [0.25, 0.3) is 5.56 Å². The second-order valence-corrected chi connectivity index (χ2v) is 5.09. The molecule has 0 spiro atoms. The first kappa shape index (κ1) is 10.8. The van der Waals surface area contributed by atoms with Crippen LogP contribution in [0.3, 0.4) is 0 Å². The monoisotopic (exact) mass is 246 g/mol. The molecule has 1 N–H and O–H groups in total. The Kier molecular flexibility index (Phi) is 3.21. The van der Waals surface area contributed by atoms with Gasteiger partial charge in [0.05, 0.1) is 0 Å². The number of nitrogens with one attached hydrogen (secondary N) is 1. The molecule has 0 bridgehead atoms. The molecule has 2 heterocycles. The van der Waals surface area contributed by atoms with Gasteiger partial charge in [0, 0.05) is 12.1 Å². The lowest BCUT2D eigenvalue weighted by atomic mass is 10.1. The first-order valence-corrected chi connectivity index (χ1v) is 6.31. The van der Waals surface area contributed by atoms with E-state index in [2.05, 4.69) is 4.98 Å². The van der Waals surface area contributed by atoms with E-state index in [1.54, 1.807) is 0 Å². The Bertz CT molecular complexity index is 462. The minimum absolute atomic E-state index is 0.128. The van der Waals surface area contributed by atoms with Gasteiger partial charge in [0.15, 0.2) is 0 Å². The van der Waals surface area contributed by atoms with Crippen LogP contribution in [-0.2, 0) is 0 Å². The zero-order chi connectivity index (χ0) is 10.8. The molecule has 4 nitrogen and oxygen atoms in total. The summed E-state index contributed by atoms with van der Waals surface area (Å²) in [6, 6.07) is 1.38. The average molecular weight is 247 g/mol. The van der Waals surface area contributed by atoms with Crippen LogP contribution in [-0.4, -0.2) is 21.1 Å². The fraction of sp³-hybridized carbons (Fsp3) is 0.556. The van der Waals surface area contributed by atoms with E-state index in [0.717, 1.165) is 24.3 Å². The van der Waals surface area contributed by atoms with Crippen molar-refractivity contribution in [3.63, 3.8) is 0 Å². The van der Waals surface area contributed by atoms with Crippen molar-refractivity contribution in [1.82, 2.24) is 9.55 Å². The number of hydrogen-bond acceptors (Lipinski definition) is 3. The number of halogens is 1. The average Bonchev–Trinajstić information content (AvgIpc) is 2.17. The highest BCUT2D eigenvalue weighted by Crippen LogP contribution is 2.27. The standard InChI is InChI=1S/C9H11ClN2O2S/c10-7-5-8(13)11-9(14)12(7)6-1-3-15-4-2-6/h5-6H,1-4H2,(H,11,13,14). The van der Waals surface area contributed by atoms with Crippen molar-refractivity contribution >= 4 is 23.4 Å². The van der Waals surface area contributed by atoms with Crippen LogP contribution >= 0.6 is 23.4 Å². The van der Waals surface area contributed by atoms with Gasteiger partial charge in [-0.3, -0.25) is 14.3 Å². The summed E-state index contributed by atoms with van der Waals surface area (Å²) in [5.74, 6) is 2.07. The normalized spacial score (nSPS) is 17.9. The van der Waals surface area contributed by atoms with Crippen LogP contribution in [0.5, 0.6) is 0 Å². The molecule has 1 saturated heterocycles. The van der Waals surface area contributed by atoms with E-state index in [-0.39, 0.29) is 11.2 Å². The fourth-order valence-electron chi connectivity index (χ4n) is 1.76. The minimum atomic E-state index is -0.438. The molecule has 1 fully saturated rings. The van der Waals surface area contributed by atoms with Crippen molar-refractivity contribution in [2.75, 3.05) is 11.5 Å². The van der Waals surface area contributed by atoms with E-state index < -0.39 is 11.2 Å². The second kappa shape index (κ2) is 4.45. The zero-order valence-electron chi connectivity index (χ0n) is 8.03. The number of hydrogen-bond donors (Lipinski definition) is 1. The molecule has 1 aliphatic rings. The van der Waals surface area contributed by atoms with Gasteiger partial charge in [-0.05, 0) is 24.3 Å². The molecule has 0 radical (unpaired) electrons. The van der Waals surface area contributed by atoms with Crippen molar-refractivity contribution in [3.8, 4) is 0 Å². The Morgan fingerprint density at radius 2 is 2.07 bits per heavy atom. The Balaban J connectivity index is 2.42. The predicted molar refractivity (Wildman–Crippen MR) is 61.9 cm³/mol. The van der Waals surface area contributed by atoms with Crippen molar-refractivity contribution in [2.45, 2.75) is 18.9 Å². The van der Waals surface area contributed by atoms with E-state index in [1.165, 1.54) is 10.6 Å². The number of H-pyrrole nitrogens is 1. The first-order chi connectivity index (χ1) is 7.18. The molecule has 0 saturated carbocycles. The lowest BCUT2D eigenvalue weighted by Gasteiger charge is -2.23. The van der Waals surface area contributed by atoms with Crippen molar-refractivity contribution < 1.29 is 0 Å². The molecule has 1 aromatic heterocycles. The summed E-state index contributed by atoms with van der Waals surface area (Å²) < 4.78 is 1.49. The maximum Gasteiger partial charge on any atom is 0.329 e. The van der Waals surface area contributed by atoms with Gasteiger partial charge in [-0.15, -0.1) is 0 Å². The van der Waals surface area contributed by atoms with Gasteiger partial charge in [-0.1, -0.05) is 11.6 Å². The van der Waals surface area contributed by atoms with Crippen molar-refractivity contribution in [2.24, 2.45) is 0 Å². The smallest absolute Gasteiger partial charge is 0.281 e. The molecule has 15 heavy (non-hydrogen) atoms. The number of thioether (sulfide) groups is 1. The Morgan fingerprint density at radius 1 is 1.40 bits per heavy atom. The summed E-state index contributed by atoms with van der Waals surface area (Å²) in [6.07, 6.45) is 1.85. The lowest BCUT2D eigenvalue weighted by Crippen LogP contribution is -2.34. The zero-order valence-corrected chi connectivity index (χ0v) is 9.61. The summed E-state index contributed by atoms with van der Waals surface area (Å²) in [7, 11) is 0. The molecule has 82 valence electrons. The quantitative estimate of drug-likeness (QED) is 0.759. The molecular weight excluding hydrogens is 236 g/mol. The van der Waals surface area contributed by atoms with Crippen LogP contribution in [0.25, 0.3) is 0 Å². The minimum Gasteiger partial charge on any atom is -0.281 e. The van der Waals surface area contributed by atoms with Crippen LogP contribution < -0.4 is 11.2 Å². The van der Waals surface area contributed by atoms with E-state index in [4.69, 9.17) is 11.6 Å². The first-order valence-electron chi connectivity index (χ1n) is 4.77. The summed E-state index contributed by atoms with van der Waals surface area (Å²) >= 11 is 7.78. The van der Waals surface area contributed by atoms with Crippen LogP contribution in [0.2, 0.25) is 5.15 Å². The van der Waals surface area contributed by atoms with Gasteiger partial charge >= 0.3 is 5.69 Å². The maximum atomic E-state index is 11.6. The van der Waals surface area contributed by atoms with Crippen LogP contribution in [0.15, 0.2) is 15.7 Å². The van der Waals surface area contributed by atoms with Gasteiger partial charge in [-0.25, -0.2) is 4.79 Å². The van der Waals surface area contributed by atoms with E-state index in [9.17, 15) is 9.59 Å². The number of aromatic amines is 1. The van der Waals surface area contributed by atoms with E-state index >= 15 is 0 Å². The Labute approximate surface area is 95.6 Å². The van der Waals surface area contributed by atoms with Gasteiger partial charge in [0.2, 0.25) is 0 Å².